The zero-order chi connectivity index (χ0) is 36.0. The van der Waals surface area contributed by atoms with E-state index in [2.05, 4.69) is 13.8 Å². The summed E-state index contributed by atoms with van der Waals surface area (Å²) in [4.78, 5) is 24.1. The van der Waals surface area contributed by atoms with Crippen molar-refractivity contribution in [3.05, 3.63) is 24.3 Å². The first-order valence-electron chi connectivity index (χ1n) is 20.1. The SMILES string of the molecule is CCCCCCCCCCCCCCCCCC(=O)OC[C@H](O)COC(=O)CCC/C=C/C[C@@H]1[C@@H](/C=C/[C@@H](O)CCCCC)[C@H](O)C[C@@H]1O. The van der Waals surface area contributed by atoms with Gasteiger partial charge in [-0.25, -0.2) is 0 Å². The second-order valence-corrected chi connectivity index (χ2v) is 14.4. The molecule has 0 saturated heterocycles. The van der Waals surface area contributed by atoms with Gasteiger partial charge >= 0.3 is 11.9 Å². The van der Waals surface area contributed by atoms with E-state index < -0.39 is 30.4 Å². The Bertz CT molecular complexity index is 858. The Kier molecular flexibility index (Phi) is 28.7. The van der Waals surface area contributed by atoms with Crippen molar-refractivity contribution < 1.29 is 39.5 Å². The Labute approximate surface area is 299 Å². The lowest BCUT2D eigenvalue weighted by atomic mass is 9.89. The van der Waals surface area contributed by atoms with Gasteiger partial charge in [0, 0.05) is 25.2 Å². The van der Waals surface area contributed by atoms with Crippen molar-refractivity contribution in [1.29, 1.82) is 0 Å². The molecular formula is C41H74O8. The number of carbonyl (C=O) groups is 2. The molecule has 0 spiro atoms. The number of hydrogen-bond donors (Lipinski definition) is 4. The standard InChI is InChI=1S/C41H74O8/c1-3-5-7-8-9-10-11-12-13-14-15-16-17-18-23-27-40(46)48-32-35(43)33-49-41(47)28-24-20-19-22-26-36-37(39(45)31-38(36)44)30-29-34(42)25-21-6-4-2/h19,22,29-30,34-39,42-45H,3-18,20-21,23-28,31-33H2,1-2H3/b22-19+,30-29+/t34-,35-,36+,37+,38-,39+/m0/s1. The molecule has 286 valence electrons. The second kappa shape index (κ2) is 31.0. The summed E-state index contributed by atoms with van der Waals surface area (Å²) in [5.41, 5.74) is 0. The van der Waals surface area contributed by atoms with Crippen LogP contribution < -0.4 is 0 Å². The van der Waals surface area contributed by atoms with Crippen molar-refractivity contribution in [3.63, 3.8) is 0 Å². The minimum absolute atomic E-state index is 0.116. The van der Waals surface area contributed by atoms with E-state index in [1.165, 1.54) is 77.0 Å². The summed E-state index contributed by atoms with van der Waals surface area (Å²) >= 11 is 0. The number of unbranched alkanes of at least 4 members (excludes halogenated alkanes) is 17. The van der Waals surface area contributed by atoms with Gasteiger partial charge in [0.15, 0.2) is 0 Å². The number of hydrogen-bond acceptors (Lipinski definition) is 8. The van der Waals surface area contributed by atoms with Crippen LogP contribution in [0.25, 0.3) is 0 Å². The molecular weight excluding hydrogens is 620 g/mol. The van der Waals surface area contributed by atoms with Gasteiger partial charge in [0.1, 0.15) is 19.3 Å². The minimum Gasteiger partial charge on any atom is -0.463 e. The molecule has 0 aliphatic heterocycles. The van der Waals surface area contributed by atoms with Gasteiger partial charge in [-0.15, -0.1) is 0 Å². The number of esters is 2. The molecule has 1 aliphatic carbocycles. The Morgan fingerprint density at radius 1 is 0.653 bits per heavy atom. The van der Waals surface area contributed by atoms with Gasteiger partial charge in [-0.1, -0.05) is 147 Å². The van der Waals surface area contributed by atoms with Crippen molar-refractivity contribution in [3.8, 4) is 0 Å². The lowest BCUT2D eigenvalue weighted by Gasteiger charge is -2.19. The molecule has 0 unspecified atom stereocenters. The molecule has 1 saturated carbocycles. The first-order chi connectivity index (χ1) is 23.8. The van der Waals surface area contributed by atoms with Gasteiger partial charge in [-0.3, -0.25) is 9.59 Å². The molecule has 4 N–H and O–H groups in total. The Hall–Kier alpha value is -1.74. The maximum absolute atomic E-state index is 12.1. The van der Waals surface area contributed by atoms with E-state index in [-0.39, 0.29) is 37.4 Å². The molecule has 8 nitrogen and oxygen atoms in total. The molecule has 0 aromatic rings. The number of allylic oxidation sites excluding steroid dienone is 2. The molecule has 0 aromatic carbocycles. The fraction of sp³-hybridized carbons (Fsp3) is 0.854. The van der Waals surface area contributed by atoms with Crippen molar-refractivity contribution in [2.75, 3.05) is 13.2 Å². The Morgan fingerprint density at radius 2 is 1.14 bits per heavy atom. The molecule has 8 heteroatoms. The average molecular weight is 695 g/mol. The Balaban J connectivity index is 2.03. The minimum atomic E-state index is -1.04. The highest BCUT2D eigenvalue weighted by Crippen LogP contribution is 2.36. The van der Waals surface area contributed by atoms with Crippen LogP contribution in [0.3, 0.4) is 0 Å². The van der Waals surface area contributed by atoms with E-state index in [9.17, 15) is 30.0 Å². The summed E-state index contributed by atoms with van der Waals surface area (Å²) in [6.45, 7) is 4.00. The highest BCUT2D eigenvalue weighted by molar-refractivity contribution is 5.69. The summed E-state index contributed by atoms with van der Waals surface area (Å²) in [6, 6.07) is 0. The van der Waals surface area contributed by atoms with E-state index in [1.54, 1.807) is 6.08 Å². The van der Waals surface area contributed by atoms with E-state index >= 15 is 0 Å². The maximum atomic E-state index is 12.1. The number of ether oxygens (including phenoxy) is 2. The third kappa shape index (κ3) is 25.0. The highest BCUT2D eigenvalue weighted by Gasteiger charge is 2.39. The molecule has 1 fully saturated rings. The monoisotopic (exact) mass is 695 g/mol. The van der Waals surface area contributed by atoms with Crippen LogP contribution in [0.15, 0.2) is 24.3 Å². The summed E-state index contributed by atoms with van der Waals surface area (Å²) in [5, 5.41) is 41.1. The quantitative estimate of drug-likeness (QED) is 0.0312. The van der Waals surface area contributed by atoms with Gasteiger partial charge < -0.3 is 29.9 Å². The molecule has 6 atom stereocenters. The molecule has 0 amide bonds. The first-order valence-corrected chi connectivity index (χ1v) is 20.1. The second-order valence-electron chi connectivity index (χ2n) is 14.4. The molecule has 49 heavy (non-hydrogen) atoms. The van der Waals surface area contributed by atoms with Crippen LogP contribution in [0.2, 0.25) is 0 Å². The van der Waals surface area contributed by atoms with Crippen molar-refractivity contribution in [2.24, 2.45) is 11.8 Å². The summed E-state index contributed by atoms with van der Waals surface area (Å²) in [6.07, 6.45) is 30.4. The first kappa shape index (κ1) is 45.3. The highest BCUT2D eigenvalue weighted by atomic mass is 16.6. The molecule has 0 bridgehead atoms. The van der Waals surface area contributed by atoms with Crippen LogP contribution in [-0.2, 0) is 19.1 Å². The Morgan fingerprint density at radius 3 is 1.69 bits per heavy atom. The average Bonchev–Trinajstić information content (AvgIpc) is 3.35. The molecule has 0 aromatic heterocycles. The third-order valence-electron chi connectivity index (χ3n) is 9.76. The summed E-state index contributed by atoms with van der Waals surface area (Å²) in [7, 11) is 0. The normalized spacial score (nSPS) is 20.7. The number of rotatable bonds is 32. The zero-order valence-corrected chi connectivity index (χ0v) is 31.3. The molecule has 1 aliphatic rings. The van der Waals surface area contributed by atoms with Crippen molar-refractivity contribution in [2.45, 2.75) is 199 Å². The number of aliphatic hydroxyl groups excluding tert-OH is 4. The predicted octanol–water partition coefficient (Wildman–Crippen LogP) is 8.67. The largest absolute Gasteiger partial charge is 0.463 e. The maximum Gasteiger partial charge on any atom is 0.305 e. The number of aliphatic hydroxyl groups is 4. The van der Waals surface area contributed by atoms with E-state index in [0.29, 0.717) is 38.5 Å². The fourth-order valence-electron chi connectivity index (χ4n) is 6.61. The van der Waals surface area contributed by atoms with Gasteiger partial charge in [-0.05, 0) is 38.0 Å². The fourth-order valence-corrected chi connectivity index (χ4v) is 6.61. The van der Waals surface area contributed by atoms with Crippen LogP contribution in [0.5, 0.6) is 0 Å². The van der Waals surface area contributed by atoms with Crippen LogP contribution in [0.1, 0.15) is 174 Å². The van der Waals surface area contributed by atoms with E-state index in [1.807, 2.05) is 18.2 Å². The van der Waals surface area contributed by atoms with Crippen LogP contribution >= 0.6 is 0 Å². The third-order valence-corrected chi connectivity index (χ3v) is 9.76. The van der Waals surface area contributed by atoms with Gasteiger partial charge in [0.2, 0.25) is 0 Å². The van der Waals surface area contributed by atoms with Crippen LogP contribution in [0, 0.1) is 11.8 Å². The van der Waals surface area contributed by atoms with Crippen LogP contribution in [0.4, 0.5) is 0 Å². The lowest BCUT2D eigenvalue weighted by Crippen LogP contribution is -2.25. The van der Waals surface area contributed by atoms with Crippen molar-refractivity contribution in [1.82, 2.24) is 0 Å². The van der Waals surface area contributed by atoms with Gasteiger partial charge in [0.05, 0.1) is 18.3 Å². The summed E-state index contributed by atoms with van der Waals surface area (Å²) < 4.78 is 10.3. The molecule has 1 rings (SSSR count). The number of carbonyl (C=O) groups excluding carboxylic acids is 2. The van der Waals surface area contributed by atoms with E-state index in [4.69, 9.17) is 9.47 Å². The van der Waals surface area contributed by atoms with Crippen LogP contribution in [-0.4, -0.2) is 70.0 Å². The van der Waals surface area contributed by atoms with Gasteiger partial charge in [0.25, 0.3) is 0 Å². The van der Waals surface area contributed by atoms with E-state index in [0.717, 1.165) is 38.5 Å². The molecule has 0 heterocycles. The molecule has 0 radical (unpaired) electrons. The lowest BCUT2D eigenvalue weighted by molar-refractivity contribution is -0.152. The predicted molar refractivity (Wildman–Crippen MR) is 198 cm³/mol. The smallest absolute Gasteiger partial charge is 0.305 e. The van der Waals surface area contributed by atoms with Gasteiger partial charge in [-0.2, -0.15) is 0 Å². The topological polar surface area (TPSA) is 134 Å². The zero-order valence-electron chi connectivity index (χ0n) is 31.3. The van der Waals surface area contributed by atoms with Crippen molar-refractivity contribution >= 4 is 11.9 Å². The summed E-state index contributed by atoms with van der Waals surface area (Å²) in [5.74, 6) is -1.05.